The van der Waals surface area contributed by atoms with Crippen molar-refractivity contribution in [3.8, 4) is 0 Å². The predicted octanol–water partition coefficient (Wildman–Crippen LogP) is 4.78. The van der Waals surface area contributed by atoms with Crippen LogP contribution in [0.4, 0.5) is 4.39 Å². The molecule has 1 aliphatic rings. The highest BCUT2D eigenvalue weighted by atomic mass is 127. The molecule has 3 N–H and O–H groups in total. The number of hydrogen-bond acceptors (Lipinski definition) is 3. The van der Waals surface area contributed by atoms with Crippen molar-refractivity contribution in [2.24, 2.45) is 10.9 Å². The number of aliphatic imine (C=N–C) groups is 1. The van der Waals surface area contributed by atoms with Gasteiger partial charge in [0.1, 0.15) is 5.82 Å². The van der Waals surface area contributed by atoms with Gasteiger partial charge >= 0.3 is 0 Å². The van der Waals surface area contributed by atoms with Crippen LogP contribution in [0.25, 0.3) is 10.9 Å². The van der Waals surface area contributed by atoms with Gasteiger partial charge in [-0.25, -0.2) is 4.39 Å². The zero-order chi connectivity index (χ0) is 20.9. The summed E-state index contributed by atoms with van der Waals surface area (Å²) in [4.78, 5) is 11.5. The van der Waals surface area contributed by atoms with E-state index in [9.17, 15) is 4.39 Å². The molecule has 0 bridgehead atoms. The summed E-state index contributed by atoms with van der Waals surface area (Å²) in [6.07, 6.45) is 5.27. The fraction of sp³-hybridized carbons (Fsp3) is 0.435. The van der Waals surface area contributed by atoms with Gasteiger partial charge in [0, 0.05) is 48.2 Å². The van der Waals surface area contributed by atoms with Gasteiger partial charge in [0.2, 0.25) is 0 Å². The van der Waals surface area contributed by atoms with Gasteiger partial charge in [0.15, 0.2) is 5.96 Å². The molecule has 2 unspecified atom stereocenters. The Hall–Kier alpha value is -1.65. The monoisotopic (exact) mass is 555 g/mol. The van der Waals surface area contributed by atoms with Crippen molar-refractivity contribution in [1.82, 2.24) is 20.5 Å². The smallest absolute Gasteiger partial charge is 0.190 e. The van der Waals surface area contributed by atoms with E-state index in [2.05, 4.69) is 50.1 Å². The zero-order valence-electron chi connectivity index (χ0n) is 18.0. The number of hydrogen-bond donors (Lipinski definition) is 3. The number of piperidine rings is 1. The van der Waals surface area contributed by atoms with Crippen molar-refractivity contribution in [2.45, 2.75) is 25.3 Å². The van der Waals surface area contributed by atoms with Crippen molar-refractivity contribution in [3.05, 3.63) is 58.2 Å². The van der Waals surface area contributed by atoms with Gasteiger partial charge < -0.3 is 15.6 Å². The summed E-state index contributed by atoms with van der Waals surface area (Å²) < 4.78 is 13.4. The summed E-state index contributed by atoms with van der Waals surface area (Å²) in [6.45, 7) is 2.82. The molecule has 2 atom stereocenters. The Kier molecular flexibility index (Phi) is 8.74. The number of aromatic amines is 1. The van der Waals surface area contributed by atoms with E-state index in [-0.39, 0.29) is 29.8 Å². The number of guanidine groups is 1. The highest BCUT2D eigenvalue weighted by Gasteiger charge is 2.31. The summed E-state index contributed by atoms with van der Waals surface area (Å²) in [5, 5.41) is 10.2. The second-order valence-electron chi connectivity index (χ2n) is 7.98. The highest BCUT2D eigenvalue weighted by molar-refractivity contribution is 14.0. The van der Waals surface area contributed by atoms with Gasteiger partial charge in [0.25, 0.3) is 0 Å². The van der Waals surface area contributed by atoms with Crippen LogP contribution in [-0.2, 0) is 6.42 Å². The first-order valence-corrected chi connectivity index (χ1v) is 11.5. The molecule has 5 nitrogen and oxygen atoms in total. The number of rotatable bonds is 6. The first-order chi connectivity index (χ1) is 14.7. The lowest BCUT2D eigenvalue weighted by Gasteiger charge is -2.39. The van der Waals surface area contributed by atoms with Gasteiger partial charge in [-0.05, 0) is 74.0 Å². The van der Waals surface area contributed by atoms with Crippen LogP contribution in [0.3, 0.4) is 0 Å². The van der Waals surface area contributed by atoms with Crippen molar-refractivity contribution < 1.29 is 4.39 Å². The van der Waals surface area contributed by atoms with E-state index in [1.165, 1.54) is 35.4 Å². The van der Waals surface area contributed by atoms with Gasteiger partial charge in [-0.15, -0.1) is 35.3 Å². The molecule has 0 amide bonds. The third-order valence-electron chi connectivity index (χ3n) is 6.01. The van der Waals surface area contributed by atoms with Crippen molar-refractivity contribution in [2.75, 3.05) is 33.7 Å². The molecule has 31 heavy (non-hydrogen) atoms. The number of fused-ring (bicyclic) bond motifs is 1. The summed E-state index contributed by atoms with van der Waals surface area (Å²) in [7, 11) is 4.05. The molecule has 168 valence electrons. The predicted molar refractivity (Wildman–Crippen MR) is 139 cm³/mol. The van der Waals surface area contributed by atoms with E-state index >= 15 is 0 Å². The lowest BCUT2D eigenvalue weighted by atomic mass is 9.88. The van der Waals surface area contributed by atoms with Gasteiger partial charge in [-0.3, -0.25) is 9.89 Å². The van der Waals surface area contributed by atoms with Gasteiger partial charge in [0.05, 0.1) is 0 Å². The lowest BCUT2D eigenvalue weighted by molar-refractivity contribution is 0.125. The van der Waals surface area contributed by atoms with Crippen molar-refractivity contribution >= 4 is 52.2 Å². The topological polar surface area (TPSA) is 55.5 Å². The van der Waals surface area contributed by atoms with Crippen LogP contribution in [0.15, 0.2) is 46.9 Å². The number of thiophene rings is 1. The molecule has 1 fully saturated rings. The summed E-state index contributed by atoms with van der Waals surface area (Å²) in [6, 6.07) is 9.76. The number of nitrogens with one attached hydrogen (secondary N) is 3. The molecule has 0 aliphatic carbocycles. The lowest BCUT2D eigenvalue weighted by Crippen LogP contribution is -2.45. The molecule has 1 aromatic carbocycles. The SMILES string of the molecule is CN=C(NCCc1c[nH]c2cc(F)ccc12)NCC1CCCN(C)C1c1cccs1.I. The van der Waals surface area contributed by atoms with E-state index in [0.29, 0.717) is 12.0 Å². The van der Waals surface area contributed by atoms with E-state index in [4.69, 9.17) is 0 Å². The highest BCUT2D eigenvalue weighted by Crippen LogP contribution is 2.36. The standard InChI is InChI=1S/C23H30FN5S.HI/c1-25-23(26-10-9-16-14-27-20-13-18(24)7-8-19(16)20)28-15-17-5-3-11-29(2)22(17)21-6-4-12-30-21;/h4,6-8,12-14,17,22,27H,3,5,9-11,15H2,1-2H3,(H2,25,26,28);1H. The molecule has 1 aliphatic heterocycles. The second-order valence-corrected chi connectivity index (χ2v) is 8.96. The first kappa shape index (κ1) is 24.0. The van der Waals surface area contributed by atoms with E-state index in [0.717, 1.165) is 42.9 Å². The maximum absolute atomic E-state index is 13.4. The molecular weight excluding hydrogens is 524 g/mol. The van der Waals surface area contributed by atoms with E-state index in [1.807, 2.05) is 30.6 Å². The molecule has 1 saturated heterocycles. The Balaban J connectivity index is 0.00000272. The number of benzene rings is 1. The molecule has 2 aromatic heterocycles. The molecule has 0 saturated carbocycles. The van der Waals surface area contributed by atoms with E-state index in [1.54, 1.807) is 0 Å². The quantitative estimate of drug-likeness (QED) is 0.233. The maximum Gasteiger partial charge on any atom is 0.190 e. The van der Waals surface area contributed by atoms with E-state index < -0.39 is 0 Å². The minimum absolute atomic E-state index is 0. The number of aromatic nitrogens is 1. The van der Waals surface area contributed by atoms with Crippen LogP contribution in [0.5, 0.6) is 0 Å². The third kappa shape index (κ3) is 5.78. The molecule has 3 heterocycles. The summed E-state index contributed by atoms with van der Waals surface area (Å²) in [5.74, 6) is 1.18. The minimum atomic E-state index is -0.215. The number of H-pyrrole nitrogens is 1. The summed E-state index contributed by atoms with van der Waals surface area (Å²) >= 11 is 1.85. The van der Waals surface area contributed by atoms with Crippen LogP contribution in [0, 0.1) is 11.7 Å². The Bertz CT molecular complexity index is 987. The molecule has 3 aromatic rings. The third-order valence-corrected chi connectivity index (χ3v) is 6.96. The van der Waals surface area contributed by atoms with Crippen LogP contribution >= 0.6 is 35.3 Å². The Morgan fingerprint density at radius 3 is 2.97 bits per heavy atom. The zero-order valence-corrected chi connectivity index (χ0v) is 21.2. The Morgan fingerprint density at radius 2 is 2.19 bits per heavy atom. The van der Waals surface area contributed by atoms with Crippen LogP contribution in [0.1, 0.15) is 29.3 Å². The molecule has 0 spiro atoms. The molecule has 8 heteroatoms. The molecule has 0 radical (unpaired) electrons. The molecular formula is C23H31FIN5S. The van der Waals surface area contributed by atoms with Crippen molar-refractivity contribution in [3.63, 3.8) is 0 Å². The number of halogens is 2. The van der Waals surface area contributed by atoms with Crippen LogP contribution in [0.2, 0.25) is 0 Å². The number of nitrogens with zero attached hydrogens (tertiary/aromatic N) is 2. The molecule has 4 rings (SSSR count). The van der Waals surface area contributed by atoms with Gasteiger partial charge in [-0.1, -0.05) is 6.07 Å². The summed E-state index contributed by atoms with van der Waals surface area (Å²) in [5.41, 5.74) is 2.02. The van der Waals surface area contributed by atoms with Crippen LogP contribution in [-0.4, -0.2) is 49.6 Å². The fourth-order valence-electron chi connectivity index (χ4n) is 4.51. The first-order valence-electron chi connectivity index (χ1n) is 10.6. The van der Waals surface area contributed by atoms with Crippen LogP contribution < -0.4 is 10.6 Å². The Morgan fingerprint density at radius 1 is 1.32 bits per heavy atom. The average molecular weight is 556 g/mol. The maximum atomic E-state index is 13.4. The fourth-order valence-corrected chi connectivity index (χ4v) is 5.50. The normalized spacial score (nSPS) is 19.9. The van der Waals surface area contributed by atoms with Crippen molar-refractivity contribution in [1.29, 1.82) is 0 Å². The average Bonchev–Trinajstić information content (AvgIpc) is 3.40. The minimum Gasteiger partial charge on any atom is -0.361 e. The largest absolute Gasteiger partial charge is 0.361 e. The van der Waals surface area contributed by atoms with Gasteiger partial charge in [-0.2, -0.15) is 0 Å². The second kappa shape index (κ2) is 11.3. The Labute approximate surface area is 204 Å². The number of likely N-dealkylation sites (tertiary alicyclic amines) is 1.